The molecule has 0 unspecified atom stereocenters. The van der Waals surface area contributed by atoms with Crippen LogP contribution in [0.25, 0.3) is 0 Å². The maximum absolute atomic E-state index is 13.9. The third kappa shape index (κ3) is 8.76. The van der Waals surface area contributed by atoms with E-state index in [9.17, 15) is 22.4 Å². The molecule has 5 aromatic rings. The lowest BCUT2D eigenvalue weighted by molar-refractivity contribution is -0.143. The van der Waals surface area contributed by atoms with Crippen molar-refractivity contribution in [1.29, 1.82) is 0 Å². The van der Waals surface area contributed by atoms with Crippen LogP contribution in [-0.2, 0) is 32.7 Å². The molecule has 12 heteroatoms. The summed E-state index contributed by atoms with van der Waals surface area (Å²) in [5, 5.41) is 2.87. The minimum Gasteiger partial charge on any atom is -0.497 e. The van der Waals surface area contributed by atoms with Gasteiger partial charge in [-0.3, -0.25) is 14.3 Å². The Balaban J connectivity index is 1.35. The van der Waals surface area contributed by atoms with Gasteiger partial charge in [0, 0.05) is 12.2 Å². The minimum absolute atomic E-state index is 0.0565. The predicted molar refractivity (Wildman–Crippen MR) is 172 cm³/mol. The van der Waals surface area contributed by atoms with Gasteiger partial charge in [0.25, 0.3) is 15.9 Å². The number of anilines is 1. The van der Waals surface area contributed by atoms with E-state index in [1.807, 2.05) is 18.2 Å². The zero-order valence-corrected chi connectivity index (χ0v) is 26.2. The number of carbonyl (C=O) groups is 2. The highest BCUT2D eigenvalue weighted by Gasteiger charge is 2.32. The van der Waals surface area contributed by atoms with E-state index in [2.05, 4.69) is 10.0 Å². The van der Waals surface area contributed by atoms with Crippen LogP contribution in [0.4, 0.5) is 10.1 Å². The standard InChI is InChI=1S/C35H32FN3O7S/c1-44-29-15-9-25(10-16-29)23-39(34(26-6-3-2-4-7-26)35(41)37-22-31-8-5-21-45-31)33(40)24-46-30-17-19-32(20-18-30)47(42,43)38-28-13-11-27(36)12-14-28/h2-21,34,38H,22-24H2,1H3,(H,37,41)/t34-/m1/s1. The first-order chi connectivity index (χ1) is 22.7. The Morgan fingerprint density at radius 1 is 0.851 bits per heavy atom. The first-order valence-corrected chi connectivity index (χ1v) is 16.0. The van der Waals surface area contributed by atoms with Crippen LogP contribution >= 0.6 is 0 Å². The summed E-state index contributed by atoms with van der Waals surface area (Å²) in [4.78, 5) is 29.0. The molecule has 4 aromatic carbocycles. The molecule has 1 atom stereocenters. The number of rotatable bonds is 14. The molecule has 2 N–H and O–H groups in total. The van der Waals surface area contributed by atoms with Crippen LogP contribution in [0.2, 0.25) is 0 Å². The second kappa shape index (κ2) is 15.1. The largest absolute Gasteiger partial charge is 0.497 e. The number of ether oxygens (including phenoxy) is 2. The normalized spacial score (nSPS) is 11.7. The van der Waals surface area contributed by atoms with E-state index < -0.39 is 40.3 Å². The van der Waals surface area contributed by atoms with Gasteiger partial charge in [0.05, 0.1) is 24.8 Å². The van der Waals surface area contributed by atoms with Crippen molar-refractivity contribution in [2.24, 2.45) is 0 Å². The molecular formula is C35H32FN3O7S. The second-order valence-corrected chi connectivity index (χ2v) is 12.0. The predicted octanol–water partition coefficient (Wildman–Crippen LogP) is 5.69. The lowest BCUT2D eigenvalue weighted by Gasteiger charge is -2.31. The van der Waals surface area contributed by atoms with Crippen LogP contribution in [0.1, 0.15) is 22.9 Å². The van der Waals surface area contributed by atoms with Crippen molar-refractivity contribution in [1.82, 2.24) is 10.2 Å². The van der Waals surface area contributed by atoms with Crippen LogP contribution in [0.5, 0.6) is 11.5 Å². The summed E-state index contributed by atoms with van der Waals surface area (Å²) in [7, 11) is -2.41. The van der Waals surface area contributed by atoms with Crippen molar-refractivity contribution in [3.63, 3.8) is 0 Å². The number of amides is 2. The van der Waals surface area contributed by atoms with E-state index in [0.717, 1.165) is 17.7 Å². The SMILES string of the molecule is COc1ccc(CN(C(=O)COc2ccc(S(=O)(=O)Nc3ccc(F)cc3)cc2)[C@@H](C(=O)NCc2ccco2)c2ccccc2)cc1. The van der Waals surface area contributed by atoms with Gasteiger partial charge < -0.3 is 24.1 Å². The first kappa shape index (κ1) is 32.8. The molecule has 0 saturated carbocycles. The molecule has 0 aliphatic heterocycles. The number of hydrogen-bond donors (Lipinski definition) is 2. The molecule has 242 valence electrons. The van der Waals surface area contributed by atoms with Crippen molar-refractivity contribution >= 4 is 27.5 Å². The summed E-state index contributed by atoms with van der Waals surface area (Å²) < 4.78 is 57.6. The highest BCUT2D eigenvalue weighted by Crippen LogP contribution is 2.26. The average molecular weight is 658 g/mol. The van der Waals surface area contributed by atoms with Gasteiger partial charge in [0.1, 0.15) is 29.1 Å². The molecule has 1 heterocycles. The lowest BCUT2D eigenvalue weighted by Crippen LogP contribution is -2.45. The highest BCUT2D eigenvalue weighted by molar-refractivity contribution is 7.92. The Kier molecular flexibility index (Phi) is 10.5. The zero-order chi connectivity index (χ0) is 33.2. The summed E-state index contributed by atoms with van der Waals surface area (Å²) in [5.74, 6) is 0.0391. The van der Waals surface area contributed by atoms with Gasteiger partial charge in [-0.05, 0) is 83.9 Å². The molecule has 0 fully saturated rings. The maximum Gasteiger partial charge on any atom is 0.261 e. The van der Waals surface area contributed by atoms with Crippen LogP contribution < -0.4 is 19.5 Å². The Bertz CT molecular complexity index is 1870. The number of benzene rings is 4. The van der Waals surface area contributed by atoms with E-state index in [1.165, 1.54) is 47.6 Å². The Labute approximate surface area is 271 Å². The first-order valence-electron chi connectivity index (χ1n) is 14.5. The molecule has 0 bridgehead atoms. The topological polar surface area (TPSA) is 127 Å². The summed E-state index contributed by atoms with van der Waals surface area (Å²) in [6.45, 7) is -0.238. The van der Waals surface area contributed by atoms with Crippen LogP contribution in [0.15, 0.2) is 131 Å². The van der Waals surface area contributed by atoms with Gasteiger partial charge in [-0.25, -0.2) is 12.8 Å². The maximum atomic E-state index is 13.9. The number of carbonyl (C=O) groups excluding carboxylic acids is 2. The van der Waals surface area contributed by atoms with Gasteiger partial charge in [-0.15, -0.1) is 0 Å². The Morgan fingerprint density at radius 3 is 2.17 bits per heavy atom. The third-order valence-corrected chi connectivity index (χ3v) is 8.51. The van der Waals surface area contributed by atoms with Gasteiger partial charge in [0.2, 0.25) is 5.91 Å². The number of halogens is 1. The van der Waals surface area contributed by atoms with E-state index in [-0.39, 0.29) is 29.4 Å². The summed E-state index contributed by atoms with van der Waals surface area (Å²) in [5.41, 5.74) is 1.55. The second-order valence-electron chi connectivity index (χ2n) is 10.4. The number of sulfonamides is 1. The highest BCUT2D eigenvalue weighted by atomic mass is 32.2. The van der Waals surface area contributed by atoms with Gasteiger partial charge in [-0.2, -0.15) is 0 Å². The molecular weight excluding hydrogens is 625 g/mol. The van der Waals surface area contributed by atoms with Crippen LogP contribution in [-0.4, -0.2) is 38.8 Å². The van der Waals surface area contributed by atoms with Gasteiger partial charge >= 0.3 is 0 Å². The van der Waals surface area contributed by atoms with Crippen LogP contribution in [0, 0.1) is 5.82 Å². The van der Waals surface area contributed by atoms with Crippen molar-refractivity contribution in [3.8, 4) is 11.5 Å². The molecule has 0 radical (unpaired) electrons. The third-order valence-electron chi connectivity index (χ3n) is 7.12. The Hall–Kier alpha value is -5.62. The average Bonchev–Trinajstić information content (AvgIpc) is 3.62. The van der Waals surface area contributed by atoms with E-state index in [0.29, 0.717) is 17.1 Å². The minimum atomic E-state index is -3.96. The lowest BCUT2D eigenvalue weighted by atomic mass is 10.0. The summed E-state index contributed by atoms with van der Waals surface area (Å²) in [6, 6.07) is 28.9. The van der Waals surface area contributed by atoms with Crippen molar-refractivity contribution < 1.29 is 36.3 Å². The number of hydrogen-bond acceptors (Lipinski definition) is 7. The zero-order valence-electron chi connectivity index (χ0n) is 25.3. The van der Waals surface area contributed by atoms with E-state index in [4.69, 9.17) is 13.9 Å². The number of methoxy groups -OCH3 is 1. The molecule has 0 saturated heterocycles. The monoisotopic (exact) mass is 657 g/mol. The van der Waals surface area contributed by atoms with E-state index >= 15 is 0 Å². The Morgan fingerprint density at radius 2 is 1.53 bits per heavy atom. The smallest absolute Gasteiger partial charge is 0.261 e. The number of furan rings is 1. The fourth-order valence-electron chi connectivity index (χ4n) is 4.72. The molecule has 2 amide bonds. The molecule has 10 nitrogen and oxygen atoms in total. The van der Waals surface area contributed by atoms with Crippen LogP contribution in [0.3, 0.4) is 0 Å². The quantitative estimate of drug-likeness (QED) is 0.157. The molecule has 0 aliphatic carbocycles. The van der Waals surface area contributed by atoms with Crippen molar-refractivity contribution in [3.05, 3.63) is 144 Å². The molecule has 0 aliphatic rings. The number of nitrogens with zero attached hydrogens (tertiary/aromatic N) is 1. The van der Waals surface area contributed by atoms with Crippen molar-refractivity contribution in [2.45, 2.75) is 24.0 Å². The van der Waals surface area contributed by atoms with Crippen molar-refractivity contribution in [2.75, 3.05) is 18.4 Å². The summed E-state index contributed by atoms with van der Waals surface area (Å²) >= 11 is 0. The molecule has 0 spiro atoms. The molecule has 5 rings (SSSR count). The molecule has 1 aromatic heterocycles. The number of nitrogens with one attached hydrogen (secondary N) is 2. The fraction of sp³-hybridized carbons (Fsp3) is 0.143. The van der Waals surface area contributed by atoms with E-state index in [1.54, 1.807) is 55.6 Å². The van der Waals surface area contributed by atoms with Gasteiger partial charge in [0.15, 0.2) is 6.61 Å². The molecule has 47 heavy (non-hydrogen) atoms. The summed E-state index contributed by atoms with van der Waals surface area (Å²) in [6.07, 6.45) is 1.51. The van der Waals surface area contributed by atoms with Gasteiger partial charge in [-0.1, -0.05) is 42.5 Å². The fourth-order valence-corrected chi connectivity index (χ4v) is 5.78.